The number of rotatable bonds is 8. The summed E-state index contributed by atoms with van der Waals surface area (Å²) in [6.45, 7) is 1.93. The third-order valence-corrected chi connectivity index (χ3v) is 6.54. The smallest absolute Gasteiger partial charge is 0.242 e. The Hall–Kier alpha value is -1.11. The molecule has 0 aliphatic rings. The molecule has 29 heavy (non-hydrogen) atoms. The third-order valence-electron chi connectivity index (χ3n) is 4.25. The van der Waals surface area contributed by atoms with Gasteiger partial charge in [-0.15, -0.1) is 11.8 Å². The normalized spacial score (nSPS) is 11.8. The van der Waals surface area contributed by atoms with Crippen molar-refractivity contribution >= 4 is 70.0 Å². The van der Waals surface area contributed by atoms with E-state index in [0.29, 0.717) is 25.8 Å². The van der Waals surface area contributed by atoms with Crippen molar-refractivity contribution in [2.75, 3.05) is 12.8 Å². The molecule has 2 rings (SSSR count). The van der Waals surface area contributed by atoms with Gasteiger partial charge in [-0.1, -0.05) is 58.5 Å². The van der Waals surface area contributed by atoms with E-state index >= 15 is 0 Å². The van der Waals surface area contributed by atoms with E-state index in [1.54, 1.807) is 37.3 Å². The van der Waals surface area contributed by atoms with Gasteiger partial charge in [0.2, 0.25) is 11.8 Å². The van der Waals surface area contributed by atoms with Crippen LogP contribution < -0.4 is 5.32 Å². The van der Waals surface area contributed by atoms with Crippen LogP contribution in [0.5, 0.6) is 0 Å². The fraction of sp³-hybridized carbons (Fsp3) is 0.300. The maximum atomic E-state index is 12.9. The summed E-state index contributed by atoms with van der Waals surface area (Å²) in [4.78, 5) is 26.6. The number of likely N-dealkylation sites (N-methyl/N-ethyl adjacent to an activating group) is 1. The number of thioether (sulfide) groups is 1. The van der Waals surface area contributed by atoms with Crippen LogP contribution in [0.4, 0.5) is 0 Å². The summed E-state index contributed by atoms with van der Waals surface area (Å²) in [7, 11) is 1.54. The number of nitrogens with zero attached hydrogens (tertiary/aromatic N) is 1. The van der Waals surface area contributed by atoms with Gasteiger partial charge in [0, 0.05) is 29.4 Å². The van der Waals surface area contributed by atoms with Gasteiger partial charge in [0.1, 0.15) is 6.04 Å². The number of carbonyl (C=O) groups excluding carboxylic acids is 2. The molecule has 2 aromatic rings. The monoisotopic (exact) mass is 492 g/mol. The Kier molecular flexibility index (Phi) is 9.44. The van der Waals surface area contributed by atoms with Gasteiger partial charge >= 0.3 is 0 Å². The lowest BCUT2D eigenvalue weighted by Gasteiger charge is -2.28. The molecular formula is C20H20Cl4N2O2S. The van der Waals surface area contributed by atoms with E-state index in [1.165, 1.54) is 23.7 Å². The van der Waals surface area contributed by atoms with Crippen molar-refractivity contribution in [3.05, 3.63) is 67.6 Å². The lowest BCUT2D eigenvalue weighted by atomic mass is 10.1. The first-order valence-electron chi connectivity index (χ1n) is 8.69. The molecule has 2 aromatic carbocycles. The molecule has 0 saturated carbocycles. The first-order valence-corrected chi connectivity index (χ1v) is 11.4. The van der Waals surface area contributed by atoms with E-state index in [4.69, 9.17) is 46.4 Å². The fourth-order valence-electron chi connectivity index (χ4n) is 2.60. The first kappa shape index (κ1) is 24.2. The minimum Gasteiger partial charge on any atom is -0.357 e. The Morgan fingerprint density at radius 2 is 1.76 bits per heavy atom. The number of amides is 2. The standard InChI is InChI=1S/C20H20Cl4N2O2S/c1-12(20(28)25-2)26(9-13-3-6-16(22)18(24)7-13)19(27)11-29-10-14-4-5-15(21)8-17(14)23/h3-8,12H,9-11H2,1-2H3,(H,25,28). The Bertz CT molecular complexity index is 895. The predicted octanol–water partition coefficient (Wildman–Crippen LogP) is 5.70. The summed E-state index contributed by atoms with van der Waals surface area (Å²) in [6, 6.07) is 9.78. The Morgan fingerprint density at radius 3 is 2.38 bits per heavy atom. The summed E-state index contributed by atoms with van der Waals surface area (Å²) in [5.41, 5.74) is 1.68. The van der Waals surface area contributed by atoms with Gasteiger partial charge in [0.05, 0.1) is 15.8 Å². The van der Waals surface area contributed by atoms with Crippen molar-refractivity contribution in [3.63, 3.8) is 0 Å². The topological polar surface area (TPSA) is 49.4 Å². The number of benzene rings is 2. The molecule has 0 fully saturated rings. The zero-order valence-electron chi connectivity index (χ0n) is 15.8. The van der Waals surface area contributed by atoms with Crippen molar-refractivity contribution in [1.82, 2.24) is 10.2 Å². The molecule has 0 bridgehead atoms. The van der Waals surface area contributed by atoms with Crippen molar-refractivity contribution < 1.29 is 9.59 Å². The average molecular weight is 494 g/mol. The van der Waals surface area contributed by atoms with Crippen LogP contribution in [0.25, 0.3) is 0 Å². The molecule has 0 radical (unpaired) electrons. The Balaban J connectivity index is 2.09. The van der Waals surface area contributed by atoms with Gasteiger partial charge in [0.25, 0.3) is 0 Å². The van der Waals surface area contributed by atoms with Crippen LogP contribution in [0.15, 0.2) is 36.4 Å². The number of nitrogens with one attached hydrogen (secondary N) is 1. The van der Waals surface area contributed by atoms with Crippen LogP contribution >= 0.6 is 58.2 Å². The number of halogens is 4. The lowest BCUT2D eigenvalue weighted by Crippen LogP contribution is -2.47. The number of carbonyl (C=O) groups is 2. The molecule has 0 saturated heterocycles. The van der Waals surface area contributed by atoms with E-state index in [1.807, 2.05) is 6.07 Å². The van der Waals surface area contributed by atoms with E-state index < -0.39 is 6.04 Å². The minimum absolute atomic E-state index is 0.165. The zero-order valence-corrected chi connectivity index (χ0v) is 19.7. The van der Waals surface area contributed by atoms with Crippen LogP contribution in [-0.2, 0) is 21.9 Å². The second-order valence-electron chi connectivity index (χ2n) is 6.29. The third kappa shape index (κ3) is 6.97. The molecule has 4 nitrogen and oxygen atoms in total. The maximum absolute atomic E-state index is 12.9. The molecule has 0 spiro atoms. The second-order valence-corrected chi connectivity index (χ2v) is 8.93. The highest BCUT2D eigenvalue weighted by Gasteiger charge is 2.25. The molecule has 0 aromatic heterocycles. The highest BCUT2D eigenvalue weighted by molar-refractivity contribution is 7.99. The van der Waals surface area contributed by atoms with Crippen molar-refractivity contribution in [2.24, 2.45) is 0 Å². The van der Waals surface area contributed by atoms with E-state index in [2.05, 4.69) is 5.32 Å². The van der Waals surface area contributed by atoms with Crippen molar-refractivity contribution in [2.45, 2.75) is 25.3 Å². The van der Waals surface area contributed by atoms with E-state index in [-0.39, 0.29) is 24.1 Å². The number of hydrogen-bond acceptors (Lipinski definition) is 3. The second kappa shape index (κ2) is 11.3. The molecule has 1 N–H and O–H groups in total. The predicted molar refractivity (Wildman–Crippen MR) is 123 cm³/mol. The molecule has 156 valence electrons. The first-order chi connectivity index (χ1) is 13.7. The lowest BCUT2D eigenvalue weighted by molar-refractivity contribution is -0.138. The average Bonchev–Trinajstić information content (AvgIpc) is 2.69. The van der Waals surface area contributed by atoms with Crippen LogP contribution in [0, 0.1) is 0 Å². The summed E-state index contributed by atoms with van der Waals surface area (Å²) >= 11 is 25.6. The largest absolute Gasteiger partial charge is 0.357 e. The van der Waals surface area contributed by atoms with Gasteiger partial charge in [-0.3, -0.25) is 9.59 Å². The highest BCUT2D eigenvalue weighted by Crippen LogP contribution is 2.26. The van der Waals surface area contributed by atoms with E-state index in [0.717, 1.165) is 11.1 Å². The molecule has 0 heterocycles. The summed E-state index contributed by atoms with van der Waals surface area (Å²) in [6.07, 6.45) is 0. The molecule has 0 aliphatic heterocycles. The van der Waals surface area contributed by atoms with Gasteiger partial charge in [-0.05, 0) is 42.3 Å². The highest BCUT2D eigenvalue weighted by atomic mass is 35.5. The summed E-state index contributed by atoms with van der Waals surface area (Å²) < 4.78 is 0. The quantitative estimate of drug-likeness (QED) is 0.513. The number of hydrogen-bond donors (Lipinski definition) is 1. The Morgan fingerprint density at radius 1 is 1.03 bits per heavy atom. The molecule has 1 atom stereocenters. The zero-order chi connectivity index (χ0) is 21.6. The van der Waals surface area contributed by atoms with Gasteiger partial charge in [-0.2, -0.15) is 0 Å². The summed E-state index contributed by atoms with van der Waals surface area (Å²) in [5.74, 6) is 0.338. The van der Waals surface area contributed by atoms with Crippen LogP contribution in [-0.4, -0.2) is 35.6 Å². The molecule has 0 aliphatic carbocycles. The van der Waals surface area contributed by atoms with Gasteiger partial charge in [-0.25, -0.2) is 0 Å². The molecule has 9 heteroatoms. The minimum atomic E-state index is -0.637. The van der Waals surface area contributed by atoms with Crippen LogP contribution in [0.3, 0.4) is 0 Å². The van der Waals surface area contributed by atoms with Crippen molar-refractivity contribution in [1.29, 1.82) is 0 Å². The fourth-order valence-corrected chi connectivity index (χ4v) is 4.39. The molecule has 1 unspecified atom stereocenters. The van der Waals surface area contributed by atoms with Crippen LogP contribution in [0.2, 0.25) is 20.1 Å². The van der Waals surface area contributed by atoms with E-state index in [9.17, 15) is 9.59 Å². The maximum Gasteiger partial charge on any atom is 0.242 e. The van der Waals surface area contributed by atoms with Crippen molar-refractivity contribution in [3.8, 4) is 0 Å². The molecular weight excluding hydrogens is 474 g/mol. The SMILES string of the molecule is CNC(=O)C(C)N(Cc1ccc(Cl)c(Cl)c1)C(=O)CSCc1ccc(Cl)cc1Cl. The van der Waals surface area contributed by atoms with Crippen LogP contribution in [0.1, 0.15) is 18.1 Å². The Labute approximate surface area is 194 Å². The summed E-state index contributed by atoms with van der Waals surface area (Å²) in [5, 5.41) is 4.54. The van der Waals surface area contributed by atoms with Gasteiger partial charge in [0.15, 0.2) is 0 Å². The molecule has 2 amide bonds. The van der Waals surface area contributed by atoms with Gasteiger partial charge < -0.3 is 10.2 Å².